The monoisotopic (exact) mass is 165 g/mol. The minimum atomic E-state index is 0.611. The molecule has 1 aromatic rings. The molecule has 2 N–H and O–H groups in total. The van der Waals surface area contributed by atoms with Crippen molar-refractivity contribution in [2.24, 2.45) is 5.73 Å². The molecule has 0 amide bonds. The van der Waals surface area contributed by atoms with Gasteiger partial charge in [0.25, 0.3) is 0 Å². The maximum absolute atomic E-state index is 5.58. The maximum Gasteiger partial charge on any atom is 0.0502 e. The third-order valence-electron chi connectivity index (χ3n) is 1.91. The van der Waals surface area contributed by atoms with Crippen molar-refractivity contribution in [2.45, 2.75) is 13.0 Å². The number of hydrogen-bond donors (Lipinski definition) is 1. The van der Waals surface area contributed by atoms with Gasteiger partial charge in [-0.2, -0.15) is 0 Å². The van der Waals surface area contributed by atoms with Gasteiger partial charge < -0.3 is 10.5 Å². The molecule has 12 heavy (non-hydrogen) atoms. The van der Waals surface area contributed by atoms with E-state index in [-0.39, 0.29) is 0 Å². The first-order valence-electron chi connectivity index (χ1n) is 4.14. The summed E-state index contributed by atoms with van der Waals surface area (Å²) in [5.41, 5.74) is 8.09. The summed E-state index contributed by atoms with van der Waals surface area (Å²) in [6, 6.07) is 8.20. The molecule has 0 radical (unpaired) electrons. The summed E-state index contributed by atoms with van der Waals surface area (Å²) in [6.07, 6.45) is 0.948. The lowest BCUT2D eigenvalue weighted by Gasteiger charge is -2.05. The molecule has 0 aromatic heterocycles. The fraction of sp³-hybridized carbons (Fsp3) is 0.400. The summed E-state index contributed by atoms with van der Waals surface area (Å²) in [5.74, 6) is 0. The van der Waals surface area contributed by atoms with Crippen LogP contribution in [0.5, 0.6) is 0 Å². The van der Waals surface area contributed by atoms with Crippen LogP contribution in [0.3, 0.4) is 0 Å². The number of hydrogen-bond acceptors (Lipinski definition) is 2. The van der Waals surface area contributed by atoms with Crippen molar-refractivity contribution in [3.05, 3.63) is 35.4 Å². The van der Waals surface area contributed by atoms with E-state index in [2.05, 4.69) is 12.1 Å². The molecule has 0 saturated heterocycles. The van der Waals surface area contributed by atoms with E-state index in [1.807, 2.05) is 12.1 Å². The van der Waals surface area contributed by atoms with Gasteiger partial charge in [0, 0.05) is 13.7 Å². The highest BCUT2D eigenvalue weighted by atomic mass is 16.5. The fourth-order valence-corrected chi connectivity index (χ4v) is 1.21. The third-order valence-corrected chi connectivity index (χ3v) is 1.91. The molecule has 0 aliphatic heterocycles. The third kappa shape index (κ3) is 2.32. The van der Waals surface area contributed by atoms with Gasteiger partial charge in [0.15, 0.2) is 0 Å². The molecule has 2 nitrogen and oxygen atoms in total. The van der Waals surface area contributed by atoms with Gasteiger partial charge in [-0.25, -0.2) is 0 Å². The second-order valence-corrected chi connectivity index (χ2v) is 2.72. The molecule has 0 aliphatic rings. The maximum atomic E-state index is 5.58. The van der Waals surface area contributed by atoms with Gasteiger partial charge in [-0.1, -0.05) is 24.3 Å². The second kappa shape index (κ2) is 4.91. The number of ether oxygens (including phenoxy) is 1. The van der Waals surface area contributed by atoms with Crippen molar-refractivity contribution in [1.82, 2.24) is 0 Å². The van der Waals surface area contributed by atoms with Crippen molar-refractivity contribution in [3.8, 4) is 0 Å². The molecular formula is C10H15NO. The van der Waals surface area contributed by atoms with E-state index >= 15 is 0 Å². The Hall–Kier alpha value is -0.860. The average molecular weight is 165 g/mol. The van der Waals surface area contributed by atoms with Crippen molar-refractivity contribution < 1.29 is 4.74 Å². The Bertz CT molecular complexity index is 235. The highest BCUT2D eigenvalue weighted by Crippen LogP contribution is 2.08. The van der Waals surface area contributed by atoms with Crippen LogP contribution in [0.4, 0.5) is 0 Å². The predicted molar refractivity (Wildman–Crippen MR) is 49.9 cm³/mol. The Morgan fingerprint density at radius 2 is 1.92 bits per heavy atom. The molecular weight excluding hydrogens is 150 g/mol. The first-order chi connectivity index (χ1) is 5.88. The fourth-order valence-electron chi connectivity index (χ4n) is 1.21. The summed E-state index contributed by atoms with van der Waals surface area (Å²) in [4.78, 5) is 0. The zero-order chi connectivity index (χ0) is 8.81. The molecule has 0 bridgehead atoms. The Kier molecular flexibility index (Phi) is 3.77. The van der Waals surface area contributed by atoms with Crippen molar-refractivity contribution in [1.29, 1.82) is 0 Å². The van der Waals surface area contributed by atoms with Crippen LogP contribution in [0.25, 0.3) is 0 Å². The zero-order valence-corrected chi connectivity index (χ0v) is 7.42. The summed E-state index contributed by atoms with van der Waals surface area (Å²) in [7, 11) is 1.71. The van der Waals surface area contributed by atoms with Crippen LogP contribution in [0, 0.1) is 0 Å². The lowest BCUT2D eigenvalue weighted by Crippen LogP contribution is -2.03. The van der Waals surface area contributed by atoms with Gasteiger partial charge in [0.05, 0.1) is 6.61 Å². The van der Waals surface area contributed by atoms with Crippen molar-refractivity contribution >= 4 is 0 Å². The van der Waals surface area contributed by atoms with Crippen LogP contribution < -0.4 is 5.73 Å². The number of nitrogens with two attached hydrogens (primary N) is 1. The lowest BCUT2D eigenvalue weighted by atomic mass is 10.1. The predicted octanol–water partition coefficient (Wildman–Crippen LogP) is 1.33. The molecule has 0 spiro atoms. The van der Waals surface area contributed by atoms with E-state index in [1.165, 1.54) is 11.1 Å². The highest BCUT2D eigenvalue weighted by molar-refractivity contribution is 5.26. The highest BCUT2D eigenvalue weighted by Gasteiger charge is 1.97. The van der Waals surface area contributed by atoms with Crippen LogP contribution >= 0.6 is 0 Å². The first-order valence-corrected chi connectivity index (χ1v) is 4.14. The molecule has 0 atom stereocenters. The van der Waals surface area contributed by atoms with Crippen LogP contribution in [0.1, 0.15) is 11.1 Å². The van der Waals surface area contributed by atoms with Gasteiger partial charge in [-0.15, -0.1) is 0 Å². The van der Waals surface area contributed by atoms with E-state index in [1.54, 1.807) is 7.11 Å². The molecule has 2 heteroatoms. The molecule has 1 rings (SSSR count). The summed E-state index contributed by atoms with van der Waals surface area (Å²) in [5, 5.41) is 0. The Morgan fingerprint density at radius 1 is 1.25 bits per heavy atom. The SMILES string of the molecule is COCCc1ccccc1CN. The summed E-state index contributed by atoms with van der Waals surface area (Å²) in [6.45, 7) is 1.37. The number of benzene rings is 1. The number of rotatable bonds is 4. The molecule has 1 aromatic carbocycles. The summed E-state index contributed by atoms with van der Waals surface area (Å²) < 4.78 is 5.00. The first kappa shape index (κ1) is 9.23. The average Bonchev–Trinajstić information content (AvgIpc) is 2.15. The molecule has 0 fully saturated rings. The molecule has 0 heterocycles. The zero-order valence-electron chi connectivity index (χ0n) is 7.42. The normalized spacial score (nSPS) is 10.2. The van der Waals surface area contributed by atoms with E-state index < -0.39 is 0 Å². The lowest BCUT2D eigenvalue weighted by molar-refractivity contribution is 0.202. The van der Waals surface area contributed by atoms with E-state index in [0.29, 0.717) is 6.54 Å². The molecule has 0 saturated carbocycles. The van der Waals surface area contributed by atoms with Gasteiger partial charge in [0.2, 0.25) is 0 Å². The minimum absolute atomic E-state index is 0.611. The molecule has 0 aliphatic carbocycles. The van der Waals surface area contributed by atoms with E-state index in [4.69, 9.17) is 10.5 Å². The van der Waals surface area contributed by atoms with Crippen molar-refractivity contribution in [3.63, 3.8) is 0 Å². The second-order valence-electron chi connectivity index (χ2n) is 2.72. The van der Waals surface area contributed by atoms with Gasteiger partial charge in [-0.05, 0) is 17.5 Å². The standard InChI is InChI=1S/C10H15NO/c1-12-7-6-9-4-2-3-5-10(9)8-11/h2-5H,6-8,11H2,1H3. The Balaban J connectivity index is 2.68. The Labute approximate surface area is 73.3 Å². The largest absolute Gasteiger partial charge is 0.384 e. The quantitative estimate of drug-likeness (QED) is 0.730. The van der Waals surface area contributed by atoms with Crippen LogP contribution in [-0.4, -0.2) is 13.7 Å². The minimum Gasteiger partial charge on any atom is -0.384 e. The topological polar surface area (TPSA) is 35.2 Å². The van der Waals surface area contributed by atoms with E-state index in [9.17, 15) is 0 Å². The van der Waals surface area contributed by atoms with Gasteiger partial charge in [-0.3, -0.25) is 0 Å². The molecule has 0 unspecified atom stereocenters. The van der Waals surface area contributed by atoms with Crippen LogP contribution in [-0.2, 0) is 17.7 Å². The number of methoxy groups -OCH3 is 1. The van der Waals surface area contributed by atoms with Crippen LogP contribution in [0.15, 0.2) is 24.3 Å². The Morgan fingerprint density at radius 3 is 2.50 bits per heavy atom. The van der Waals surface area contributed by atoms with Gasteiger partial charge in [0.1, 0.15) is 0 Å². The molecule has 66 valence electrons. The van der Waals surface area contributed by atoms with E-state index in [0.717, 1.165) is 13.0 Å². The van der Waals surface area contributed by atoms with Crippen molar-refractivity contribution in [2.75, 3.05) is 13.7 Å². The smallest absolute Gasteiger partial charge is 0.0502 e. The summed E-state index contributed by atoms with van der Waals surface area (Å²) >= 11 is 0. The van der Waals surface area contributed by atoms with Gasteiger partial charge >= 0.3 is 0 Å². The van der Waals surface area contributed by atoms with Crippen LogP contribution in [0.2, 0.25) is 0 Å².